The van der Waals surface area contributed by atoms with Crippen molar-refractivity contribution in [3.8, 4) is 0 Å². The Morgan fingerprint density at radius 1 is 1.41 bits per heavy atom. The van der Waals surface area contributed by atoms with E-state index in [4.69, 9.17) is 4.74 Å². The highest BCUT2D eigenvalue weighted by atomic mass is 19.1. The molecule has 1 aromatic heterocycles. The summed E-state index contributed by atoms with van der Waals surface area (Å²) < 4.78 is 19.7. The number of imidazole rings is 1. The smallest absolute Gasteiger partial charge is 0.126 e. The fraction of sp³-hybridized carbons (Fsp3) is 0.438. The van der Waals surface area contributed by atoms with Gasteiger partial charge in [-0.25, -0.2) is 9.37 Å². The summed E-state index contributed by atoms with van der Waals surface area (Å²) in [6.45, 7) is 2.33. The average Bonchev–Trinajstić information content (AvgIpc) is 3.03. The lowest BCUT2D eigenvalue weighted by molar-refractivity contribution is -0.134. The van der Waals surface area contributed by atoms with Crippen molar-refractivity contribution in [1.82, 2.24) is 14.9 Å². The molecule has 0 amide bonds. The van der Waals surface area contributed by atoms with Gasteiger partial charge in [0.2, 0.25) is 0 Å². The summed E-state index contributed by atoms with van der Waals surface area (Å²) in [6.07, 6.45) is 3.85. The second-order valence-corrected chi connectivity index (χ2v) is 5.70. The van der Waals surface area contributed by atoms with Crippen molar-refractivity contribution < 1.29 is 14.2 Å². The van der Waals surface area contributed by atoms with Crippen LogP contribution in [-0.2, 0) is 17.7 Å². The number of aliphatic hydroxyl groups excluding tert-OH is 1. The first kappa shape index (κ1) is 15.1. The van der Waals surface area contributed by atoms with Crippen molar-refractivity contribution in [3.63, 3.8) is 0 Å². The zero-order valence-corrected chi connectivity index (χ0v) is 12.3. The molecule has 0 unspecified atom stereocenters. The Morgan fingerprint density at radius 2 is 2.27 bits per heavy atom. The van der Waals surface area contributed by atoms with Crippen LogP contribution in [0, 0.1) is 5.82 Å². The molecule has 3 rings (SSSR count). The molecule has 2 heterocycles. The van der Waals surface area contributed by atoms with E-state index < -0.39 is 5.60 Å². The molecule has 22 heavy (non-hydrogen) atoms. The maximum atomic E-state index is 13.9. The highest BCUT2D eigenvalue weighted by Crippen LogP contribution is 2.25. The molecule has 0 aliphatic carbocycles. The molecule has 118 valence electrons. The molecular formula is C16H20FN3O2. The quantitative estimate of drug-likeness (QED) is 0.875. The molecule has 1 aromatic carbocycles. The molecule has 1 fully saturated rings. The van der Waals surface area contributed by atoms with Gasteiger partial charge in [-0.1, -0.05) is 18.2 Å². The minimum Gasteiger partial charge on any atom is -0.393 e. The van der Waals surface area contributed by atoms with Gasteiger partial charge in [0, 0.05) is 31.9 Å². The number of morpholine rings is 1. The number of H-pyrrole nitrogens is 1. The molecule has 0 radical (unpaired) electrons. The van der Waals surface area contributed by atoms with Gasteiger partial charge in [-0.15, -0.1) is 0 Å². The van der Waals surface area contributed by atoms with Crippen molar-refractivity contribution in [1.29, 1.82) is 0 Å². The second kappa shape index (κ2) is 6.56. The van der Waals surface area contributed by atoms with E-state index >= 15 is 0 Å². The Hall–Kier alpha value is -1.76. The summed E-state index contributed by atoms with van der Waals surface area (Å²) in [6, 6.07) is 6.63. The first-order valence-electron chi connectivity index (χ1n) is 7.40. The van der Waals surface area contributed by atoms with Crippen LogP contribution in [0.5, 0.6) is 0 Å². The van der Waals surface area contributed by atoms with Crippen molar-refractivity contribution in [3.05, 3.63) is 53.9 Å². The molecule has 2 aromatic rings. The van der Waals surface area contributed by atoms with E-state index in [1.54, 1.807) is 30.6 Å². The normalized spacial score (nSPS) is 22.8. The van der Waals surface area contributed by atoms with Gasteiger partial charge in [0.15, 0.2) is 0 Å². The molecule has 0 saturated carbocycles. The molecule has 0 spiro atoms. The topological polar surface area (TPSA) is 61.4 Å². The third kappa shape index (κ3) is 3.35. The molecule has 1 atom stereocenters. The van der Waals surface area contributed by atoms with Crippen LogP contribution in [0.4, 0.5) is 4.39 Å². The van der Waals surface area contributed by atoms with Gasteiger partial charge in [0.05, 0.1) is 19.8 Å². The summed E-state index contributed by atoms with van der Waals surface area (Å²) in [4.78, 5) is 9.46. The maximum absolute atomic E-state index is 13.9. The van der Waals surface area contributed by atoms with Gasteiger partial charge in [-0.05, 0) is 11.6 Å². The van der Waals surface area contributed by atoms with Crippen LogP contribution in [-0.4, -0.2) is 51.9 Å². The van der Waals surface area contributed by atoms with Crippen LogP contribution in [0.3, 0.4) is 0 Å². The zero-order valence-electron chi connectivity index (χ0n) is 12.3. The second-order valence-electron chi connectivity index (χ2n) is 5.70. The number of aliphatic hydroxyl groups is 1. The van der Waals surface area contributed by atoms with E-state index in [0.717, 1.165) is 12.4 Å². The van der Waals surface area contributed by atoms with E-state index in [9.17, 15) is 9.50 Å². The van der Waals surface area contributed by atoms with Crippen molar-refractivity contribution in [2.75, 3.05) is 26.3 Å². The minimum absolute atomic E-state index is 0.143. The summed E-state index contributed by atoms with van der Waals surface area (Å²) in [7, 11) is 0. The van der Waals surface area contributed by atoms with Crippen LogP contribution in [0.15, 0.2) is 36.7 Å². The molecule has 5 nitrogen and oxygen atoms in total. The minimum atomic E-state index is -0.771. The summed E-state index contributed by atoms with van der Waals surface area (Å²) in [5, 5.41) is 9.84. The first-order valence-corrected chi connectivity index (χ1v) is 7.40. The SMILES string of the molecule is OC[C@]1(Cc2ccccc2F)CN(Cc2ncc[nH]2)CCO1. The summed E-state index contributed by atoms with van der Waals surface area (Å²) >= 11 is 0. The van der Waals surface area contributed by atoms with Crippen LogP contribution in [0.2, 0.25) is 0 Å². The van der Waals surface area contributed by atoms with Crippen molar-refractivity contribution in [2.45, 2.75) is 18.6 Å². The first-order chi connectivity index (χ1) is 10.7. The van der Waals surface area contributed by atoms with Gasteiger partial charge >= 0.3 is 0 Å². The fourth-order valence-corrected chi connectivity index (χ4v) is 2.90. The zero-order chi connectivity index (χ0) is 15.4. The predicted molar refractivity (Wildman–Crippen MR) is 79.7 cm³/mol. The largest absolute Gasteiger partial charge is 0.393 e. The molecule has 1 aliphatic heterocycles. The van der Waals surface area contributed by atoms with Crippen molar-refractivity contribution in [2.24, 2.45) is 0 Å². The number of hydrogen-bond donors (Lipinski definition) is 2. The van der Waals surface area contributed by atoms with Gasteiger partial charge < -0.3 is 14.8 Å². The predicted octanol–water partition coefficient (Wildman–Crippen LogP) is 1.35. The Kier molecular flexibility index (Phi) is 4.52. The molecule has 1 aliphatic rings. The summed E-state index contributed by atoms with van der Waals surface area (Å²) in [5.41, 5.74) is -0.205. The highest BCUT2D eigenvalue weighted by molar-refractivity contribution is 5.20. The monoisotopic (exact) mass is 305 g/mol. The molecule has 6 heteroatoms. The lowest BCUT2D eigenvalue weighted by Gasteiger charge is -2.41. The average molecular weight is 305 g/mol. The lowest BCUT2D eigenvalue weighted by Crippen LogP contribution is -2.55. The Morgan fingerprint density at radius 3 is 3.00 bits per heavy atom. The standard InChI is InChI=1S/C16H20FN3O2/c17-14-4-2-1-3-13(14)9-16(12-21)11-20(7-8-22-16)10-15-18-5-6-19-15/h1-6,21H,7-12H2,(H,18,19)/t16-/m0/s1. The summed E-state index contributed by atoms with van der Waals surface area (Å²) in [5.74, 6) is 0.613. The maximum Gasteiger partial charge on any atom is 0.126 e. The van der Waals surface area contributed by atoms with Gasteiger partial charge in [-0.3, -0.25) is 4.90 Å². The molecule has 0 bridgehead atoms. The van der Waals surface area contributed by atoms with Gasteiger partial charge in [-0.2, -0.15) is 0 Å². The Labute approximate surface area is 128 Å². The number of nitrogens with one attached hydrogen (secondary N) is 1. The fourth-order valence-electron chi connectivity index (χ4n) is 2.90. The van der Waals surface area contributed by atoms with E-state index in [1.165, 1.54) is 6.07 Å². The van der Waals surface area contributed by atoms with Crippen LogP contribution < -0.4 is 0 Å². The van der Waals surface area contributed by atoms with Crippen LogP contribution >= 0.6 is 0 Å². The van der Waals surface area contributed by atoms with E-state index in [0.29, 0.717) is 31.7 Å². The van der Waals surface area contributed by atoms with Crippen LogP contribution in [0.25, 0.3) is 0 Å². The van der Waals surface area contributed by atoms with Crippen LogP contribution in [0.1, 0.15) is 11.4 Å². The van der Waals surface area contributed by atoms with Gasteiger partial charge in [0.1, 0.15) is 17.2 Å². The van der Waals surface area contributed by atoms with Gasteiger partial charge in [0.25, 0.3) is 0 Å². The number of rotatable bonds is 5. The molecule has 1 saturated heterocycles. The van der Waals surface area contributed by atoms with E-state index in [2.05, 4.69) is 14.9 Å². The number of nitrogens with zero attached hydrogens (tertiary/aromatic N) is 2. The van der Waals surface area contributed by atoms with E-state index in [-0.39, 0.29) is 12.4 Å². The number of aromatic nitrogens is 2. The number of halogens is 1. The Balaban J connectivity index is 1.72. The van der Waals surface area contributed by atoms with Crippen molar-refractivity contribution >= 4 is 0 Å². The number of aromatic amines is 1. The number of ether oxygens (including phenoxy) is 1. The Bertz CT molecular complexity index is 605. The third-order valence-corrected chi connectivity index (χ3v) is 4.01. The lowest BCUT2D eigenvalue weighted by atomic mass is 9.92. The number of hydrogen-bond acceptors (Lipinski definition) is 4. The molecule has 2 N–H and O–H groups in total. The van der Waals surface area contributed by atoms with E-state index in [1.807, 2.05) is 0 Å². The highest BCUT2D eigenvalue weighted by Gasteiger charge is 2.37. The third-order valence-electron chi connectivity index (χ3n) is 4.01. The number of benzene rings is 1. The molecular weight excluding hydrogens is 285 g/mol.